The standard InChI is InChI=1S/C20H20N4O2S2/c1-12-9-17(26-23-12)15-10-22-24(19(15)18-5-4-8-27-18)7-6-21-20(25)16-11-28-14(3)13(16)2/h4-5,8-11H,6-7H2,1-3H3,(H,21,25). The van der Waals surface area contributed by atoms with Gasteiger partial charge in [-0.1, -0.05) is 11.2 Å². The van der Waals surface area contributed by atoms with E-state index in [-0.39, 0.29) is 5.91 Å². The topological polar surface area (TPSA) is 73.0 Å². The van der Waals surface area contributed by atoms with E-state index in [0.717, 1.165) is 33.0 Å². The van der Waals surface area contributed by atoms with Crippen LogP contribution in [0.4, 0.5) is 0 Å². The van der Waals surface area contributed by atoms with Gasteiger partial charge in [0.15, 0.2) is 5.76 Å². The van der Waals surface area contributed by atoms with Crippen LogP contribution in [0, 0.1) is 20.8 Å². The van der Waals surface area contributed by atoms with Gasteiger partial charge in [-0.15, -0.1) is 22.7 Å². The zero-order valence-electron chi connectivity index (χ0n) is 15.9. The number of nitrogens with one attached hydrogen (secondary N) is 1. The molecule has 0 bridgehead atoms. The zero-order chi connectivity index (χ0) is 19.7. The van der Waals surface area contributed by atoms with Gasteiger partial charge in [0.05, 0.1) is 40.1 Å². The number of hydrogen-bond acceptors (Lipinski definition) is 6. The average Bonchev–Trinajstić information content (AvgIpc) is 3.44. The molecular weight excluding hydrogens is 392 g/mol. The number of aryl methyl sites for hydroxylation is 2. The van der Waals surface area contributed by atoms with Crippen LogP contribution >= 0.6 is 22.7 Å². The Labute approximate surface area is 170 Å². The summed E-state index contributed by atoms with van der Waals surface area (Å²) in [6.07, 6.45) is 1.79. The summed E-state index contributed by atoms with van der Waals surface area (Å²) in [5.41, 5.74) is 4.50. The van der Waals surface area contributed by atoms with Crippen molar-refractivity contribution in [2.45, 2.75) is 27.3 Å². The van der Waals surface area contributed by atoms with Gasteiger partial charge in [0.2, 0.25) is 0 Å². The summed E-state index contributed by atoms with van der Waals surface area (Å²) in [4.78, 5) is 14.7. The Morgan fingerprint density at radius 2 is 2.14 bits per heavy atom. The lowest BCUT2D eigenvalue weighted by Crippen LogP contribution is -2.27. The van der Waals surface area contributed by atoms with E-state index in [2.05, 4.69) is 21.6 Å². The van der Waals surface area contributed by atoms with Crippen molar-refractivity contribution in [3.8, 4) is 21.9 Å². The summed E-state index contributed by atoms with van der Waals surface area (Å²) in [5.74, 6) is 0.651. The monoisotopic (exact) mass is 412 g/mol. The second kappa shape index (κ2) is 7.73. The molecule has 0 saturated heterocycles. The largest absolute Gasteiger partial charge is 0.356 e. The van der Waals surface area contributed by atoms with Crippen LogP contribution in [0.15, 0.2) is 39.7 Å². The first kappa shape index (κ1) is 18.6. The molecule has 0 spiro atoms. The number of thiophene rings is 2. The summed E-state index contributed by atoms with van der Waals surface area (Å²) in [6.45, 7) is 6.96. The normalized spacial score (nSPS) is 11.1. The Hall–Kier alpha value is -2.71. The maximum atomic E-state index is 12.5. The molecule has 4 aromatic heterocycles. The second-order valence-electron chi connectivity index (χ2n) is 6.53. The Balaban J connectivity index is 1.54. The summed E-state index contributed by atoms with van der Waals surface area (Å²) >= 11 is 3.24. The number of carbonyl (C=O) groups is 1. The number of carbonyl (C=O) groups excluding carboxylic acids is 1. The lowest BCUT2D eigenvalue weighted by molar-refractivity contribution is 0.0952. The van der Waals surface area contributed by atoms with E-state index in [4.69, 9.17) is 4.52 Å². The van der Waals surface area contributed by atoms with Crippen LogP contribution in [-0.2, 0) is 6.54 Å². The molecule has 4 aromatic rings. The van der Waals surface area contributed by atoms with Crippen LogP contribution in [0.2, 0.25) is 0 Å². The van der Waals surface area contributed by atoms with Crippen LogP contribution in [0.5, 0.6) is 0 Å². The minimum Gasteiger partial charge on any atom is -0.356 e. The van der Waals surface area contributed by atoms with Crippen molar-refractivity contribution in [1.82, 2.24) is 20.3 Å². The van der Waals surface area contributed by atoms with Gasteiger partial charge in [0.25, 0.3) is 5.91 Å². The first-order valence-corrected chi connectivity index (χ1v) is 10.7. The van der Waals surface area contributed by atoms with Crippen molar-refractivity contribution in [2.24, 2.45) is 0 Å². The third kappa shape index (κ3) is 3.53. The summed E-state index contributed by atoms with van der Waals surface area (Å²) in [5, 5.41) is 15.5. The molecule has 0 aliphatic carbocycles. The van der Waals surface area contributed by atoms with Gasteiger partial charge < -0.3 is 9.84 Å². The molecule has 0 fully saturated rings. The zero-order valence-corrected chi connectivity index (χ0v) is 17.5. The molecule has 0 aliphatic heterocycles. The quantitative estimate of drug-likeness (QED) is 0.499. The van der Waals surface area contributed by atoms with E-state index in [1.165, 1.54) is 4.88 Å². The predicted molar refractivity (Wildman–Crippen MR) is 112 cm³/mol. The van der Waals surface area contributed by atoms with E-state index in [0.29, 0.717) is 18.8 Å². The molecule has 1 amide bonds. The maximum Gasteiger partial charge on any atom is 0.252 e. The highest BCUT2D eigenvalue weighted by Crippen LogP contribution is 2.35. The summed E-state index contributed by atoms with van der Waals surface area (Å²) in [6, 6.07) is 5.97. The van der Waals surface area contributed by atoms with Crippen molar-refractivity contribution in [1.29, 1.82) is 0 Å². The van der Waals surface area contributed by atoms with E-state index in [1.807, 2.05) is 48.3 Å². The highest BCUT2D eigenvalue weighted by atomic mass is 32.1. The Morgan fingerprint density at radius 1 is 1.29 bits per heavy atom. The Bertz CT molecular complexity index is 1110. The lowest BCUT2D eigenvalue weighted by Gasteiger charge is -2.09. The minimum atomic E-state index is -0.0437. The first-order valence-electron chi connectivity index (χ1n) is 8.91. The molecule has 0 aliphatic rings. The number of amides is 1. The fourth-order valence-electron chi connectivity index (χ4n) is 3.01. The van der Waals surface area contributed by atoms with Crippen molar-refractivity contribution in [2.75, 3.05) is 6.54 Å². The second-order valence-corrected chi connectivity index (χ2v) is 8.56. The van der Waals surface area contributed by atoms with E-state index in [1.54, 1.807) is 28.9 Å². The van der Waals surface area contributed by atoms with Gasteiger partial charge in [0, 0.05) is 22.9 Å². The highest BCUT2D eigenvalue weighted by molar-refractivity contribution is 7.13. The van der Waals surface area contributed by atoms with Crippen LogP contribution in [0.3, 0.4) is 0 Å². The van der Waals surface area contributed by atoms with Crippen LogP contribution < -0.4 is 5.32 Å². The smallest absolute Gasteiger partial charge is 0.252 e. The van der Waals surface area contributed by atoms with Gasteiger partial charge in [-0.05, 0) is 37.8 Å². The lowest BCUT2D eigenvalue weighted by atomic mass is 10.1. The highest BCUT2D eigenvalue weighted by Gasteiger charge is 2.19. The average molecular weight is 413 g/mol. The molecule has 0 unspecified atom stereocenters. The van der Waals surface area contributed by atoms with Crippen LogP contribution in [0.1, 0.15) is 26.5 Å². The van der Waals surface area contributed by atoms with E-state index in [9.17, 15) is 4.79 Å². The van der Waals surface area contributed by atoms with Crippen molar-refractivity contribution >= 4 is 28.6 Å². The third-order valence-corrected chi connectivity index (χ3v) is 6.52. The fraction of sp³-hybridized carbons (Fsp3) is 0.250. The Kier molecular flexibility index (Phi) is 5.15. The first-order chi connectivity index (χ1) is 13.5. The number of aromatic nitrogens is 3. The SMILES string of the molecule is Cc1cc(-c2cnn(CCNC(=O)c3csc(C)c3C)c2-c2cccs2)on1. The summed E-state index contributed by atoms with van der Waals surface area (Å²) < 4.78 is 7.36. The minimum absolute atomic E-state index is 0.0437. The van der Waals surface area contributed by atoms with Crippen molar-refractivity contribution < 1.29 is 9.32 Å². The molecule has 8 heteroatoms. The molecule has 4 rings (SSSR count). The molecule has 0 aromatic carbocycles. The van der Waals surface area contributed by atoms with Gasteiger partial charge in [0.1, 0.15) is 0 Å². The van der Waals surface area contributed by atoms with Gasteiger partial charge in [-0.25, -0.2) is 0 Å². The van der Waals surface area contributed by atoms with Gasteiger partial charge in [-0.2, -0.15) is 5.10 Å². The molecule has 0 atom stereocenters. The van der Waals surface area contributed by atoms with Gasteiger partial charge in [-0.3, -0.25) is 9.48 Å². The summed E-state index contributed by atoms with van der Waals surface area (Å²) in [7, 11) is 0. The van der Waals surface area contributed by atoms with Crippen molar-refractivity contribution in [3.05, 3.63) is 56.9 Å². The van der Waals surface area contributed by atoms with Gasteiger partial charge >= 0.3 is 0 Å². The predicted octanol–water partition coefficient (Wildman–Crippen LogP) is 4.68. The molecule has 1 N–H and O–H groups in total. The number of rotatable bonds is 6. The molecule has 144 valence electrons. The van der Waals surface area contributed by atoms with E-state index >= 15 is 0 Å². The maximum absolute atomic E-state index is 12.5. The molecule has 0 radical (unpaired) electrons. The molecule has 0 saturated carbocycles. The molecular formula is C20H20N4O2S2. The molecule has 28 heavy (non-hydrogen) atoms. The van der Waals surface area contributed by atoms with Crippen molar-refractivity contribution in [3.63, 3.8) is 0 Å². The number of nitrogens with zero attached hydrogens (tertiary/aromatic N) is 3. The van der Waals surface area contributed by atoms with Crippen LogP contribution in [-0.4, -0.2) is 27.4 Å². The fourth-order valence-corrected chi connectivity index (χ4v) is 4.66. The third-order valence-electron chi connectivity index (χ3n) is 4.63. The Morgan fingerprint density at radius 3 is 2.79 bits per heavy atom. The van der Waals surface area contributed by atoms with E-state index < -0.39 is 0 Å². The molecule has 4 heterocycles. The number of hydrogen-bond donors (Lipinski definition) is 1. The van der Waals surface area contributed by atoms with Crippen LogP contribution in [0.25, 0.3) is 21.9 Å². The molecule has 6 nitrogen and oxygen atoms in total.